The molecular formula is C21H17N3O3. The van der Waals surface area contributed by atoms with Crippen LogP contribution in [0, 0.1) is 0 Å². The number of rotatable bonds is 5. The number of fused-ring (bicyclic) bond motifs is 1. The van der Waals surface area contributed by atoms with Gasteiger partial charge in [0.15, 0.2) is 0 Å². The lowest BCUT2D eigenvalue weighted by atomic mass is 10.1. The van der Waals surface area contributed by atoms with Crippen molar-refractivity contribution in [1.29, 1.82) is 0 Å². The molecule has 0 fully saturated rings. The minimum absolute atomic E-state index is 0.103. The summed E-state index contributed by atoms with van der Waals surface area (Å²) in [6.07, 6.45) is 3.10. The van der Waals surface area contributed by atoms with Crippen LogP contribution >= 0.6 is 0 Å². The van der Waals surface area contributed by atoms with Gasteiger partial charge in [-0.2, -0.15) is 0 Å². The molecule has 4 aromatic rings. The number of para-hydroxylation sites is 1. The maximum Gasteiger partial charge on any atom is 0.261 e. The average molecular weight is 359 g/mol. The van der Waals surface area contributed by atoms with E-state index < -0.39 is 0 Å². The molecule has 134 valence electrons. The number of aromatic nitrogens is 2. The van der Waals surface area contributed by atoms with Crippen molar-refractivity contribution in [3.05, 3.63) is 100 Å². The predicted molar refractivity (Wildman–Crippen MR) is 101 cm³/mol. The number of benzene rings is 2. The van der Waals surface area contributed by atoms with E-state index in [1.807, 2.05) is 24.3 Å². The monoisotopic (exact) mass is 359 g/mol. The summed E-state index contributed by atoms with van der Waals surface area (Å²) in [5.41, 5.74) is 1.94. The van der Waals surface area contributed by atoms with Crippen LogP contribution in [0.25, 0.3) is 10.9 Å². The van der Waals surface area contributed by atoms with Gasteiger partial charge in [0.2, 0.25) is 0 Å². The van der Waals surface area contributed by atoms with Crippen molar-refractivity contribution in [2.45, 2.75) is 13.1 Å². The first-order valence-electron chi connectivity index (χ1n) is 8.54. The van der Waals surface area contributed by atoms with Gasteiger partial charge in [0, 0.05) is 5.56 Å². The first kappa shape index (κ1) is 16.8. The van der Waals surface area contributed by atoms with Crippen molar-refractivity contribution in [2.24, 2.45) is 0 Å². The lowest BCUT2D eigenvalue weighted by molar-refractivity contribution is 0.0948. The Morgan fingerprint density at radius 3 is 2.81 bits per heavy atom. The fraction of sp³-hybridized carbons (Fsp3) is 0.0952. The van der Waals surface area contributed by atoms with E-state index in [4.69, 9.17) is 4.42 Å². The zero-order valence-corrected chi connectivity index (χ0v) is 14.5. The molecule has 1 amide bonds. The first-order chi connectivity index (χ1) is 13.2. The molecular weight excluding hydrogens is 342 g/mol. The van der Waals surface area contributed by atoms with Crippen molar-refractivity contribution >= 4 is 16.8 Å². The molecule has 0 aliphatic heterocycles. The molecule has 2 heterocycles. The van der Waals surface area contributed by atoms with E-state index in [1.165, 1.54) is 6.33 Å². The van der Waals surface area contributed by atoms with Gasteiger partial charge in [0.25, 0.3) is 11.5 Å². The second-order valence-electron chi connectivity index (χ2n) is 6.16. The molecule has 0 bridgehead atoms. The van der Waals surface area contributed by atoms with Crippen LogP contribution in [0.15, 0.2) is 82.5 Å². The van der Waals surface area contributed by atoms with E-state index in [2.05, 4.69) is 10.3 Å². The number of nitrogens with zero attached hydrogens (tertiary/aromatic N) is 2. The van der Waals surface area contributed by atoms with E-state index in [1.54, 1.807) is 47.2 Å². The highest BCUT2D eigenvalue weighted by molar-refractivity contribution is 5.94. The van der Waals surface area contributed by atoms with Gasteiger partial charge in [0.1, 0.15) is 5.76 Å². The van der Waals surface area contributed by atoms with Crippen LogP contribution in [0.2, 0.25) is 0 Å². The van der Waals surface area contributed by atoms with E-state index in [0.717, 1.165) is 5.56 Å². The van der Waals surface area contributed by atoms with Gasteiger partial charge in [-0.15, -0.1) is 0 Å². The maximum atomic E-state index is 12.6. The summed E-state index contributed by atoms with van der Waals surface area (Å²) in [5, 5.41) is 3.39. The SMILES string of the molecule is O=C(NCc1ccco1)c1cccc(Cn2cnc3ccccc3c2=O)c1. The van der Waals surface area contributed by atoms with Crippen molar-refractivity contribution < 1.29 is 9.21 Å². The van der Waals surface area contributed by atoms with Gasteiger partial charge in [-0.3, -0.25) is 14.2 Å². The summed E-state index contributed by atoms with van der Waals surface area (Å²) in [6, 6.07) is 18.0. The topological polar surface area (TPSA) is 77.1 Å². The van der Waals surface area contributed by atoms with E-state index in [9.17, 15) is 9.59 Å². The summed E-state index contributed by atoms with van der Waals surface area (Å²) in [5.74, 6) is 0.491. The Morgan fingerprint density at radius 1 is 1.07 bits per heavy atom. The van der Waals surface area contributed by atoms with Gasteiger partial charge in [-0.05, 0) is 42.0 Å². The van der Waals surface area contributed by atoms with Crippen LogP contribution in [0.3, 0.4) is 0 Å². The Balaban J connectivity index is 1.53. The molecule has 6 nitrogen and oxygen atoms in total. The van der Waals surface area contributed by atoms with Crippen molar-refractivity contribution in [1.82, 2.24) is 14.9 Å². The number of carbonyl (C=O) groups is 1. The van der Waals surface area contributed by atoms with Crippen LogP contribution in [0.5, 0.6) is 0 Å². The summed E-state index contributed by atoms with van der Waals surface area (Å²) in [6.45, 7) is 0.667. The molecule has 0 unspecified atom stereocenters. The molecule has 0 radical (unpaired) electrons. The van der Waals surface area contributed by atoms with Crippen LogP contribution in [0.4, 0.5) is 0 Å². The lowest BCUT2D eigenvalue weighted by Crippen LogP contribution is -2.23. The van der Waals surface area contributed by atoms with E-state index >= 15 is 0 Å². The fourth-order valence-corrected chi connectivity index (χ4v) is 2.91. The third-order valence-corrected chi connectivity index (χ3v) is 4.28. The van der Waals surface area contributed by atoms with Crippen molar-refractivity contribution in [3.63, 3.8) is 0 Å². The highest BCUT2D eigenvalue weighted by Gasteiger charge is 2.09. The van der Waals surface area contributed by atoms with Gasteiger partial charge in [-0.1, -0.05) is 24.3 Å². The third-order valence-electron chi connectivity index (χ3n) is 4.28. The molecule has 0 spiro atoms. The Hall–Kier alpha value is -3.67. The predicted octanol–water partition coefficient (Wildman–Crippen LogP) is 2.97. The molecule has 1 N–H and O–H groups in total. The molecule has 0 saturated heterocycles. The molecule has 0 aliphatic carbocycles. The van der Waals surface area contributed by atoms with Gasteiger partial charge in [0.05, 0.1) is 36.6 Å². The standard InChI is InChI=1S/C21H17N3O3/c25-20(22-12-17-7-4-10-27-17)16-6-3-5-15(11-16)13-24-14-23-19-9-2-1-8-18(19)21(24)26/h1-11,14H,12-13H2,(H,22,25). The second kappa shape index (κ2) is 7.29. The van der Waals surface area contributed by atoms with Gasteiger partial charge in [-0.25, -0.2) is 4.98 Å². The quantitative estimate of drug-likeness (QED) is 0.594. The minimum atomic E-state index is -0.197. The number of hydrogen-bond donors (Lipinski definition) is 1. The maximum absolute atomic E-state index is 12.6. The van der Waals surface area contributed by atoms with Crippen LogP contribution in [-0.4, -0.2) is 15.5 Å². The molecule has 27 heavy (non-hydrogen) atoms. The second-order valence-corrected chi connectivity index (χ2v) is 6.16. The number of amides is 1. The van der Waals surface area contributed by atoms with Crippen LogP contribution in [-0.2, 0) is 13.1 Å². The number of carbonyl (C=O) groups excluding carboxylic acids is 1. The summed E-state index contributed by atoms with van der Waals surface area (Å²) >= 11 is 0. The summed E-state index contributed by atoms with van der Waals surface area (Å²) < 4.78 is 6.75. The average Bonchev–Trinajstić information content (AvgIpc) is 3.22. The lowest BCUT2D eigenvalue weighted by Gasteiger charge is -2.09. The molecule has 2 aromatic heterocycles. The molecule has 0 atom stereocenters. The van der Waals surface area contributed by atoms with Crippen LogP contribution in [0.1, 0.15) is 21.7 Å². The molecule has 0 aliphatic rings. The number of hydrogen-bond acceptors (Lipinski definition) is 4. The Bertz CT molecular complexity index is 1150. The Labute approximate surface area is 155 Å². The summed E-state index contributed by atoms with van der Waals surface area (Å²) in [7, 11) is 0. The zero-order valence-electron chi connectivity index (χ0n) is 14.5. The van der Waals surface area contributed by atoms with E-state index in [-0.39, 0.29) is 11.5 Å². The third kappa shape index (κ3) is 3.64. The number of nitrogens with one attached hydrogen (secondary N) is 1. The Morgan fingerprint density at radius 2 is 1.96 bits per heavy atom. The largest absolute Gasteiger partial charge is 0.467 e. The molecule has 2 aromatic carbocycles. The normalized spacial score (nSPS) is 10.8. The highest BCUT2D eigenvalue weighted by Crippen LogP contribution is 2.09. The smallest absolute Gasteiger partial charge is 0.261 e. The van der Waals surface area contributed by atoms with Crippen molar-refractivity contribution in [3.8, 4) is 0 Å². The zero-order chi connectivity index (χ0) is 18.6. The Kier molecular flexibility index (Phi) is 4.53. The number of furan rings is 1. The molecule has 0 saturated carbocycles. The minimum Gasteiger partial charge on any atom is -0.467 e. The van der Waals surface area contributed by atoms with Crippen molar-refractivity contribution in [2.75, 3.05) is 0 Å². The van der Waals surface area contributed by atoms with E-state index in [0.29, 0.717) is 35.3 Å². The summed E-state index contributed by atoms with van der Waals surface area (Å²) in [4.78, 5) is 29.3. The van der Waals surface area contributed by atoms with Gasteiger partial charge >= 0.3 is 0 Å². The molecule has 6 heteroatoms. The molecule has 4 rings (SSSR count). The fourth-order valence-electron chi connectivity index (χ4n) is 2.91. The van der Waals surface area contributed by atoms with Crippen LogP contribution < -0.4 is 10.9 Å². The first-order valence-corrected chi connectivity index (χ1v) is 8.54. The van der Waals surface area contributed by atoms with Gasteiger partial charge < -0.3 is 9.73 Å². The highest BCUT2D eigenvalue weighted by atomic mass is 16.3.